The fraction of sp³-hybridized carbons (Fsp3) is 0.933. The first-order valence-electron chi connectivity index (χ1n) is 7.04. The summed E-state index contributed by atoms with van der Waals surface area (Å²) < 4.78 is 0. The third-order valence-corrected chi connectivity index (χ3v) is 3.66. The van der Waals surface area contributed by atoms with Crippen LogP contribution in [-0.2, 0) is 4.79 Å². The van der Waals surface area contributed by atoms with Gasteiger partial charge < -0.3 is 4.90 Å². The molecule has 1 rings (SSSR count). The molecule has 100 valence electrons. The zero-order chi connectivity index (χ0) is 13.1. The van der Waals surface area contributed by atoms with E-state index in [9.17, 15) is 4.79 Å². The Morgan fingerprint density at radius 1 is 1.18 bits per heavy atom. The van der Waals surface area contributed by atoms with Crippen LogP contribution in [0.15, 0.2) is 0 Å². The van der Waals surface area contributed by atoms with E-state index in [1.54, 1.807) is 0 Å². The van der Waals surface area contributed by atoms with Crippen LogP contribution in [0.1, 0.15) is 53.9 Å². The fourth-order valence-electron chi connectivity index (χ4n) is 2.81. The van der Waals surface area contributed by atoms with Crippen LogP contribution in [0.25, 0.3) is 0 Å². The predicted molar refractivity (Wildman–Crippen MR) is 73.1 cm³/mol. The summed E-state index contributed by atoms with van der Waals surface area (Å²) in [5.41, 5.74) is -0.164. The molecule has 0 aromatic carbocycles. The third-order valence-electron chi connectivity index (χ3n) is 3.66. The van der Waals surface area contributed by atoms with Gasteiger partial charge in [-0.1, -0.05) is 34.6 Å². The summed E-state index contributed by atoms with van der Waals surface area (Å²) in [6.45, 7) is 14.2. The van der Waals surface area contributed by atoms with Crippen molar-refractivity contribution in [3.05, 3.63) is 0 Å². The largest absolute Gasteiger partial charge is 0.303 e. The molecule has 0 radical (unpaired) electrons. The first kappa shape index (κ1) is 14.7. The van der Waals surface area contributed by atoms with E-state index >= 15 is 0 Å². The highest BCUT2D eigenvalue weighted by atomic mass is 16.1. The molecule has 1 aliphatic rings. The molecule has 0 aromatic heterocycles. The van der Waals surface area contributed by atoms with Crippen LogP contribution in [0, 0.1) is 17.3 Å². The van der Waals surface area contributed by atoms with Gasteiger partial charge in [0.1, 0.15) is 5.78 Å². The highest BCUT2D eigenvalue weighted by molar-refractivity contribution is 5.83. The Kier molecular flexibility index (Phi) is 5.18. The predicted octanol–water partition coefficient (Wildman–Crippen LogP) is 3.36. The second-order valence-electron chi connectivity index (χ2n) is 6.98. The van der Waals surface area contributed by atoms with Gasteiger partial charge in [-0.15, -0.1) is 0 Å². The van der Waals surface area contributed by atoms with Crippen molar-refractivity contribution in [1.82, 2.24) is 4.90 Å². The summed E-state index contributed by atoms with van der Waals surface area (Å²) >= 11 is 0. The highest BCUT2D eigenvalue weighted by Crippen LogP contribution is 2.22. The highest BCUT2D eigenvalue weighted by Gasteiger charge is 2.23. The molecule has 2 atom stereocenters. The number of hydrogen-bond acceptors (Lipinski definition) is 2. The number of piperidine rings is 1. The summed E-state index contributed by atoms with van der Waals surface area (Å²) in [6.07, 6.45) is 3.12. The Hall–Kier alpha value is -0.370. The summed E-state index contributed by atoms with van der Waals surface area (Å²) in [7, 11) is 0. The van der Waals surface area contributed by atoms with Gasteiger partial charge >= 0.3 is 0 Å². The average molecular weight is 239 g/mol. The number of rotatable bonds is 4. The molecule has 1 saturated heterocycles. The van der Waals surface area contributed by atoms with Crippen LogP contribution in [0.2, 0.25) is 0 Å². The van der Waals surface area contributed by atoms with Crippen LogP contribution < -0.4 is 0 Å². The number of nitrogens with zero attached hydrogens (tertiary/aromatic N) is 1. The molecular weight excluding hydrogens is 210 g/mol. The number of carbonyl (C=O) groups excluding carboxylic acids is 1. The standard InChI is InChI=1S/C15H29NO/c1-12-9-13(2)11-16(10-12)8-6-7-14(17)15(3,4)5/h12-13H,6-11H2,1-5H3. The third kappa shape index (κ3) is 5.20. The van der Waals surface area contributed by atoms with Gasteiger partial charge in [-0.3, -0.25) is 4.79 Å². The number of carbonyl (C=O) groups is 1. The molecule has 0 aliphatic carbocycles. The molecule has 2 heteroatoms. The molecule has 0 N–H and O–H groups in total. The lowest BCUT2D eigenvalue weighted by Crippen LogP contribution is -2.39. The summed E-state index contributed by atoms with van der Waals surface area (Å²) in [6, 6.07) is 0. The van der Waals surface area contributed by atoms with Crippen molar-refractivity contribution >= 4 is 5.78 Å². The minimum atomic E-state index is -0.164. The number of likely N-dealkylation sites (tertiary alicyclic amines) is 1. The van der Waals surface area contributed by atoms with Crippen LogP contribution in [0.4, 0.5) is 0 Å². The molecule has 1 aliphatic heterocycles. The van der Waals surface area contributed by atoms with Gasteiger partial charge in [0, 0.05) is 24.9 Å². The van der Waals surface area contributed by atoms with Gasteiger partial charge in [0.15, 0.2) is 0 Å². The molecule has 2 unspecified atom stereocenters. The van der Waals surface area contributed by atoms with Crippen LogP contribution in [-0.4, -0.2) is 30.3 Å². The lowest BCUT2D eigenvalue weighted by atomic mass is 9.88. The molecule has 0 saturated carbocycles. The quantitative estimate of drug-likeness (QED) is 0.750. The smallest absolute Gasteiger partial charge is 0.138 e. The number of hydrogen-bond donors (Lipinski definition) is 0. The zero-order valence-electron chi connectivity index (χ0n) is 12.3. The van der Waals surface area contributed by atoms with Crippen molar-refractivity contribution in [1.29, 1.82) is 0 Å². The van der Waals surface area contributed by atoms with E-state index in [1.807, 2.05) is 20.8 Å². The maximum atomic E-state index is 11.8. The average Bonchev–Trinajstić information content (AvgIpc) is 2.14. The van der Waals surface area contributed by atoms with Crippen molar-refractivity contribution in [2.75, 3.05) is 19.6 Å². The lowest BCUT2D eigenvalue weighted by Gasteiger charge is -2.35. The minimum Gasteiger partial charge on any atom is -0.303 e. The molecule has 2 nitrogen and oxygen atoms in total. The van der Waals surface area contributed by atoms with Gasteiger partial charge in [0.25, 0.3) is 0 Å². The second-order valence-corrected chi connectivity index (χ2v) is 6.98. The van der Waals surface area contributed by atoms with Crippen molar-refractivity contribution in [2.45, 2.75) is 53.9 Å². The first-order chi connectivity index (χ1) is 7.79. The van der Waals surface area contributed by atoms with Crippen molar-refractivity contribution in [2.24, 2.45) is 17.3 Å². The monoisotopic (exact) mass is 239 g/mol. The summed E-state index contributed by atoms with van der Waals surface area (Å²) in [4.78, 5) is 14.4. The first-order valence-corrected chi connectivity index (χ1v) is 7.04. The number of Topliss-reactive ketones (excluding diaryl/α,β-unsaturated/α-hetero) is 1. The van der Waals surface area contributed by atoms with Crippen LogP contribution in [0.3, 0.4) is 0 Å². The van der Waals surface area contributed by atoms with E-state index in [-0.39, 0.29) is 5.41 Å². The summed E-state index contributed by atoms with van der Waals surface area (Å²) in [5, 5.41) is 0. The van der Waals surface area contributed by atoms with Gasteiger partial charge in [0.2, 0.25) is 0 Å². The van der Waals surface area contributed by atoms with Gasteiger partial charge in [0.05, 0.1) is 0 Å². The molecule has 0 aromatic rings. The van der Waals surface area contributed by atoms with Crippen molar-refractivity contribution in [3.63, 3.8) is 0 Å². The minimum absolute atomic E-state index is 0.164. The molecule has 17 heavy (non-hydrogen) atoms. The normalized spacial score (nSPS) is 27.1. The number of ketones is 1. The Morgan fingerprint density at radius 2 is 1.71 bits per heavy atom. The Balaban J connectivity index is 2.25. The molecule has 1 heterocycles. The van der Waals surface area contributed by atoms with Crippen LogP contribution >= 0.6 is 0 Å². The van der Waals surface area contributed by atoms with Gasteiger partial charge in [-0.05, 0) is 31.2 Å². The Morgan fingerprint density at radius 3 is 2.18 bits per heavy atom. The van der Waals surface area contributed by atoms with Crippen molar-refractivity contribution in [3.8, 4) is 0 Å². The second kappa shape index (κ2) is 5.99. The maximum Gasteiger partial charge on any atom is 0.138 e. The zero-order valence-corrected chi connectivity index (χ0v) is 12.3. The van der Waals surface area contributed by atoms with E-state index in [1.165, 1.54) is 19.5 Å². The fourth-order valence-corrected chi connectivity index (χ4v) is 2.81. The lowest BCUT2D eigenvalue weighted by molar-refractivity contribution is -0.126. The summed E-state index contributed by atoms with van der Waals surface area (Å²) in [5.74, 6) is 2.03. The van der Waals surface area contributed by atoms with E-state index in [0.29, 0.717) is 5.78 Å². The van der Waals surface area contributed by atoms with E-state index < -0.39 is 0 Å². The molecule has 0 amide bonds. The van der Waals surface area contributed by atoms with Crippen LogP contribution in [0.5, 0.6) is 0 Å². The SMILES string of the molecule is CC1CC(C)CN(CCCC(=O)C(C)(C)C)C1. The topological polar surface area (TPSA) is 20.3 Å². The van der Waals surface area contributed by atoms with Gasteiger partial charge in [-0.25, -0.2) is 0 Å². The molecular formula is C15H29NO. The molecule has 0 bridgehead atoms. The van der Waals surface area contributed by atoms with E-state index in [4.69, 9.17) is 0 Å². The molecule has 0 spiro atoms. The van der Waals surface area contributed by atoms with E-state index in [0.717, 1.165) is 31.2 Å². The van der Waals surface area contributed by atoms with Crippen molar-refractivity contribution < 1.29 is 4.79 Å². The maximum absolute atomic E-state index is 11.8. The molecule has 1 fully saturated rings. The van der Waals surface area contributed by atoms with Gasteiger partial charge in [-0.2, -0.15) is 0 Å². The van der Waals surface area contributed by atoms with E-state index in [2.05, 4.69) is 18.7 Å². The Bertz CT molecular complexity index is 244. The Labute approximate surface area is 107 Å².